The molecule has 6 heteroatoms. The van der Waals surface area contributed by atoms with Gasteiger partial charge >= 0.3 is 0 Å². The molecule has 0 bridgehead atoms. The van der Waals surface area contributed by atoms with Crippen molar-refractivity contribution in [1.82, 2.24) is 9.97 Å². The Balaban J connectivity index is 2.43. The highest BCUT2D eigenvalue weighted by Crippen LogP contribution is 2.23. The fourth-order valence-corrected chi connectivity index (χ4v) is 2.17. The minimum atomic E-state index is -0.244. The number of nitrogens with zero attached hydrogens (tertiary/aromatic N) is 1. The Labute approximate surface area is 114 Å². The van der Waals surface area contributed by atoms with Crippen molar-refractivity contribution >= 4 is 29.2 Å². The summed E-state index contributed by atoms with van der Waals surface area (Å²) in [7, 11) is 0. The number of aromatic nitrogens is 2. The Morgan fingerprint density at radius 3 is 2.72 bits per heavy atom. The molecule has 0 saturated heterocycles. The highest BCUT2D eigenvalue weighted by Gasteiger charge is 2.10. The normalized spacial score (nSPS) is 10.6. The van der Waals surface area contributed by atoms with Crippen molar-refractivity contribution < 1.29 is 0 Å². The van der Waals surface area contributed by atoms with Crippen LogP contribution in [0.4, 0.5) is 5.95 Å². The Morgan fingerprint density at radius 1 is 1.39 bits per heavy atom. The quantitative estimate of drug-likeness (QED) is 0.890. The van der Waals surface area contributed by atoms with Crippen molar-refractivity contribution in [2.75, 3.05) is 5.73 Å². The lowest BCUT2D eigenvalue weighted by Crippen LogP contribution is -2.18. The van der Waals surface area contributed by atoms with Gasteiger partial charge < -0.3 is 5.73 Å². The molecule has 1 heterocycles. The third kappa shape index (κ3) is 2.66. The van der Waals surface area contributed by atoms with Gasteiger partial charge in [-0.25, -0.2) is 4.98 Å². The minimum Gasteiger partial charge on any atom is -0.369 e. The summed E-state index contributed by atoms with van der Waals surface area (Å²) in [5.74, 6) is 0.114. The highest BCUT2D eigenvalue weighted by atomic mass is 35.5. The predicted molar refractivity (Wildman–Crippen MR) is 73.3 cm³/mol. The number of aromatic amines is 1. The van der Waals surface area contributed by atoms with E-state index < -0.39 is 0 Å². The lowest BCUT2D eigenvalue weighted by atomic mass is 10.1. The van der Waals surface area contributed by atoms with Gasteiger partial charge in [0.2, 0.25) is 5.95 Å². The van der Waals surface area contributed by atoms with E-state index in [1.165, 1.54) is 0 Å². The van der Waals surface area contributed by atoms with Crippen LogP contribution in [0.15, 0.2) is 23.0 Å². The molecule has 0 radical (unpaired) electrons. The number of nitrogens with one attached hydrogen (secondary N) is 1. The lowest BCUT2D eigenvalue weighted by Gasteiger charge is -2.07. The van der Waals surface area contributed by atoms with Crippen LogP contribution >= 0.6 is 23.2 Å². The maximum absolute atomic E-state index is 11.8. The molecule has 0 spiro atoms. The third-order valence-corrected chi connectivity index (χ3v) is 3.21. The number of hydrogen-bond donors (Lipinski definition) is 2. The Hall–Kier alpha value is -1.52. The largest absolute Gasteiger partial charge is 0.369 e. The number of anilines is 1. The summed E-state index contributed by atoms with van der Waals surface area (Å²) in [6.07, 6.45) is 0.393. The molecule has 2 aromatic rings. The molecular formula is C12H11Cl2N3O. The van der Waals surface area contributed by atoms with Gasteiger partial charge in [-0.05, 0) is 24.6 Å². The standard InChI is InChI=1S/C12H11Cl2N3O/c1-6-9(11(18)17-12(15)16-6)4-7-2-3-8(13)5-10(7)14/h2-3,5H,4H2,1H3,(H3,15,16,17,18). The molecule has 1 aromatic carbocycles. The van der Waals surface area contributed by atoms with Crippen LogP contribution in [0.25, 0.3) is 0 Å². The molecule has 4 nitrogen and oxygen atoms in total. The van der Waals surface area contributed by atoms with E-state index in [0.717, 1.165) is 5.56 Å². The van der Waals surface area contributed by atoms with Crippen LogP contribution in [0, 0.1) is 6.92 Å². The lowest BCUT2D eigenvalue weighted by molar-refractivity contribution is 0.991. The average Bonchev–Trinajstić information content (AvgIpc) is 2.25. The van der Waals surface area contributed by atoms with Crippen LogP contribution in [0.3, 0.4) is 0 Å². The van der Waals surface area contributed by atoms with Crippen LogP contribution in [0.5, 0.6) is 0 Å². The van der Waals surface area contributed by atoms with E-state index in [-0.39, 0.29) is 11.5 Å². The predicted octanol–water partition coefficient (Wildman–Crippen LogP) is 2.56. The van der Waals surface area contributed by atoms with Gasteiger partial charge in [-0.3, -0.25) is 9.78 Å². The van der Waals surface area contributed by atoms with Crippen molar-refractivity contribution in [3.63, 3.8) is 0 Å². The number of nitrogens with two attached hydrogens (primary N) is 1. The molecule has 0 aliphatic rings. The average molecular weight is 284 g/mol. The Kier molecular flexibility index (Phi) is 3.59. The molecule has 0 aliphatic carbocycles. The second-order valence-electron chi connectivity index (χ2n) is 3.93. The highest BCUT2D eigenvalue weighted by molar-refractivity contribution is 6.35. The summed E-state index contributed by atoms with van der Waals surface area (Å²) in [6, 6.07) is 5.17. The van der Waals surface area contributed by atoms with Gasteiger partial charge in [0.05, 0.1) is 5.69 Å². The number of rotatable bonds is 2. The molecule has 0 atom stereocenters. The van der Waals surface area contributed by atoms with Gasteiger partial charge in [0.25, 0.3) is 5.56 Å². The van der Waals surface area contributed by atoms with Crippen LogP contribution in [-0.2, 0) is 6.42 Å². The first-order valence-electron chi connectivity index (χ1n) is 5.26. The second kappa shape index (κ2) is 5.00. The number of aryl methyl sites for hydroxylation is 1. The SMILES string of the molecule is Cc1nc(N)[nH]c(=O)c1Cc1ccc(Cl)cc1Cl. The van der Waals surface area contributed by atoms with Crippen molar-refractivity contribution in [2.24, 2.45) is 0 Å². The van der Waals surface area contributed by atoms with Gasteiger partial charge in [-0.2, -0.15) is 0 Å². The van der Waals surface area contributed by atoms with E-state index in [1.807, 2.05) is 0 Å². The second-order valence-corrected chi connectivity index (χ2v) is 4.77. The maximum atomic E-state index is 11.8. The number of hydrogen-bond acceptors (Lipinski definition) is 3. The first kappa shape index (κ1) is 12.9. The Morgan fingerprint density at radius 2 is 2.11 bits per heavy atom. The fourth-order valence-electron chi connectivity index (χ4n) is 1.70. The third-order valence-electron chi connectivity index (χ3n) is 2.62. The summed E-state index contributed by atoms with van der Waals surface area (Å²) >= 11 is 11.9. The number of halogens is 2. The zero-order chi connectivity index (χ0) is 13.3. The number of H-pyrrole nitrogens is 1. The van der Waals surface area contributed by atoms with Crippen LogP contribution in [-0.4, -0.2) is 9.97 Å². The molecule has 0 aliphatic heterocycles. The molecule has 3 N–H and O–H groups in total. The van der Waals surface area contributed by atoms with Gasteiger partial charge in [-0.15, -0.1) is 0 Å². The molecule has 2 rings (SSSR count). The molecule has 0 saturated carbocycles. The van der Waals surface area contributed by atoms with E-state index in [0.29, 0.717) is 27.7 Å². The molecule has 94 valence electrons. The topological polar surface area (TPSA) is 71.8 Å². The van der Waals surface area contributed by atoms with E-state index >= 15 is 0 Å². The summed E-state index contributed by atoms with van der Waals surface area (Å²) < 4.78 is 0. The van der Waals surface area contributed by atoms with Gasteiger partial charge in [0.15, 0.2) is 0 Å². The number of nitrogen functional groups attached to an aromatic ring is 1. The smallest absolute Gasteiger partial charge is 0.256 e. The van der Waals surface area contributed by atoms with Crippen molar-refractivity contribution in [3.05, 3.63) is 55.4 Å². The molecule has 0 amide bonds. The summed E-state index contributed by atoms with van der Waals surface area (Å²) in [6.45, 7) is 1.74. The van der Waals surface area contributed by atoms with Gasteiger partial charge in [0.1, 0.15) is 0 Å². The molecule has 18 heavy (non-hydrogen) atoms. The van der Waals surface area contributed by atoms with Crippen LogP contribution in [0.2, 0.25) is 10.0 Å². The van der Waals surface area contributed by atoms with E-state index in [9.17, 15) is 4.79 Å². The monoisotopic (exact) mass is 283 g/mol. The zero-order valence-electron chi connectivity index (χ0n) is 9.63. The van der Waals surface area contributed by atoms with E-state index in [4.69, 9.17) is 28.9 Å². The van der Waals surface area contributed by atoms with Gasteiger partial charge in [0, 0.05) is 22.0 Å². The fraction of sp³-hybridized carbons (Fsp3) is 0.167. The molecular weight excluding hydrogens is 273 g/mol. The summed E-state index contributed by atoms with van der Waals surface area (Å²) in [4.78, 5) is 18.3. The van der Waals surface area contributed by atoms with Crippen molar-refractivity contribution in [1.29, 1.82) is 0 Å². The van der Waals surface area contributed by atoms with Crippen molar-refractivity contribution in [2.45, 2.75) is 13.3 Å². The van der Waals surface area contributed by atoms with Crippen molar-refractivity contribution in [3.8, 4) is 0 Å². The summed E-state index contributed by atoms with van der Waals surface area (Å²) in [5, 5.41) is 1.09. The first-order valence-corrected chi connectivity index (χ1v) is 6.02. The van der Waals surface area contributed by atoms with Crippen LogP contribution in [0.1, 0.15) is 16.8 Å². The van der Waals surface area contributed by atoms with E-state index in [2.05, 4.69) is 9.97 Å². The van der Waals surface area contributed by atoms with Gasteiger partial charge in [-0.1, -0.05) is 29.3 Å². The zero-order valence-corrected chi connectivity index (χ0v) is 11.1. The Bertz CT molecular complexity index is 652. The minimum absolute atomic E-state index is 0.114. The number of benzene rings is 1. The van der Waals surface area contributed by atoms with Crippen LogP contribution < -0.4 is 11.3 Å². The molecule has 0 fully saturated rings. The first-order chi connectivity index (χ1) is 8.47. The maximum Gasteiger partial charge on any atom is 0.256 e. The summed E-state index contributed by atoms with van der Waals surface area (Å²) in [5.41, 5.74) is 7.19. The molecule has 1 aromatic heterocycles. The molecule has 0 unspecified atom stereocenters. The van der Waals surface area contributed by atoms with E-state index in [1.54, 1.807) is 25.1 Å².